The second kappa shape index (κ2) is 11.7. The van der Waals surface area contributed by atoms with Crippen molar-refractivity contribution in [2.75, 3.05) is 0 Å². The van der Waals surface area contributed by atoms with E-state index in [0.29, 0.717) is 17.5 Å². The van der Waals surface area contributed by atoms with E-state index in [1.165, 1.54) is 42.0 Å². The molecule has 0 fully saturated rings. The average molecular weight is 721 g/mol. The minimum atomic E-state index is 0.617. The van der Waals surface area contributed by atoms with Crippen LogP contribution < -0.4 is 0 Å². The summed E-state index contributed by atoms with van der Waals surface area (Å²) in [5.41, 5.74) is 7.92. The van der Waals surface area contributed by atoms with Crippen LogP contribution in [0.1, 0.15) is 0 Å². The van der Waals surface area contributed by atoms with E-state index in [0.717, 1.165) is 55.1 Å². The smallest absolute Gasteiger partial charge is 0.164 e. The van der Waals surface area contributed by atoms with E-state index in [4.69, 9.17) is 19.4 Å². The topological polar surface area (TPSA) is 56.7 Å². The molecule has 0 aliphatic rings. The van der Waals surface area contributed by atoms with E-state index in [1.54, 1.807) is 0 Å². The molecule has 0 saturated carbocycles. The second-order valence-electron chi connectivity index (χ2n) is 14.0. The van der Waals surface area contributed by atoms with Crippen molar-refractivity contribution in [3.63, 3.8) is 0 Å². The lowest BCUT2D eigenvalue weighted by molar-refractivity contribution is 0.672. The van der Waals surface area contributed by atoms with Crippen LogP contribution in [0.3, 0.4) is 0 Å². The van der Waals surface area contributed by atoms with Crippen LogP contribution in [0.4, 0.5) is 0 Å². The van der Waals surface area contributed by atoms with Crippen molar-refractivity contribution in [2.24, 2.45) is 0 Å². The van der Waals surface area contributed by atoms with Crippen LogP contribution in [-0.4, -0.2) is 19.5 Å². The molecule has 256 valence electrons. The molecular weight excluding hydrogens is 693 g/mol. The van der Waals surface area contributed by atoms with Crippen LogP contribution in [0.25, 0.3) is 115 Å². The van der Waals surface area contributed by atoms with E-state index in [2.05, 4.69) is 114 Å². The van der Waals surface area contributed by atoms with Gasteiger partial charge in [-0.1, -0.05) is 127 Å². The number of hydrogen-bond donors (Lipinski definition) is 0. The second-order valence-corrected chi connectivity index (χ2v) is 15.0. The van der Waals surface area contributed by atoms with Gasteiger partial charge in [-0.15, -0.1) is 11.3 Å². The Morgan fingerprint density at radius 2 is 1.07 bits per heavy atom. The number of hydrogen-bond acceptors (Lipinski definition) is 5. The van der Waals surface area contributed by atoms with Gasteiger partial charge in [-0.05, 0) is 47.9 Å². The highest BCUT2D eigenvalue weighted by Crippen LogP contribution is 2.45. The van der Waals surface area contributed by atoms with Crippen molar-refractivity contribution in [3.05, 3.63) is 170 Å². The zero-order valence-corrected chi connectivity index (χ0v) is 30.1. The van der Waals surface area contributed by atoms with Gasteiger partial charge in [0, 0.05) is 69.5 Å². The van der Waals surface area contributed by atoms with Crippen LogP contribution in [0.15, 0.2) is 174 Å². The molecular formula is C49H28N4OS. The summed E-state index contributed by atoms with van der Waals surface area (Å²) in [5, 5.41) is 9.23. The maximum Gasteiger partial charge on any atom is 0.164 e. The van der Waals surface area contributed by atoms with Crippen molar-refractivity contribution in [1.29, 1.82) is 0 Å². The molecule has 4 heterocycles. The molecule has 0 bridgehead atoms. The SMILES string of the molecule is c1ccc(-c2nc(-c3ccccc3)nc(-c3cc4c5cc(-n6c7ccccc7c7c8sc9ccccc9c8ccc76)ccc5oc4c4ccccc34)n2)cc1. The number of rotatable bonds is 4. The first-order valence-electron chi connectivity index (χ1n) is 18.4. The molecule has 0 saturated heterocycles. The fraction of sp³-hybridized carbons (Fsp3) is 0. The molecule has 4 aromatic heterocycles. The molecule has 0 radical (unpaired) electrons. The number of nitrogens with zero attached hydrogens (tertiary/aromatic N) is 4. The molecule has 0 unspecified atom stereocenters. The summed E-state index contributed by atoms with van der Waals surface area (Å²) in [5.74, 6) is 1.88. The maximum atomic E-state index is 6.72. The van der Waals surface area contributed by atoms with Gasteiger partial charge in [0.15, 0.2) is 17.5 Å². The molecule has 6 heteroatoms. The Morgan fingerprint density at radius 3 is 1.84 bits per heavy atom. The van der Waals surface area contributed by atoms with E-state index in [-0.39, 0.29) is 0 Å². The highest BCUT2D eigenvalue weighted by Gasteiger charge is 2.21. The molecule has 0 aliphatic carbocycles. The molecule has 8 aromatic carbocycles. The summed E-state index contributed by atoms with van der Waals surface area (Å²) >= 11 is 1.88. The van der Waals surface area contributed by atoms with Crippen molar-refractivity contribution >= 4 is 86.0 Å². The van der Waals surface area contributed by atoms with Crippen molar-refractivity contribution in [3.8, 4) is 39.9 Å². The number of furan rings is 1. The lowest BCUT2D eigenvalue weighted by atomic mass is 9.99. The fourth-order valence-electron chi connectivity index (χ4n) is 8.35. The van der Waals surface area contributed by atoms with Gasteiger partial charge < -0.3 is 8.98 Å². The first kappa shape index (κ1) is 30.3. The number of fused-ring (bicyclic) bond motifs is 12. The summed E-state index contributed by atoms with van der Waals surface area (Å²) in [6, 6.07) is 59.5. The van der Waals surface area contributed by atoms with Gasteiger partial charge in [0.1, 0.15) is 11.2 Å². The van der Waals surface area contributed by atoms with Crippen LogP contribution in [0.5, 0.6) is 0 Å². The normalized spacial score (nSPS) is 12.0. The first-order valence-corrected chi connectivity index (χ1v) is 19.2. The third-order valence-electron chi connectivity index (χ3n) is 10.8. The number of benzene rings is 8. The maximum absolute atomic E-state index is 6.72. The zero-order chi connectivity index (χ0) is 36.0. The Morgan fingerprint density at radius 1 is 0.436 bits per heavy atom. The van der Waals surface area contributed by atoms with E-state index < -0.39 is 0 Å². The number of thiophene rings is 1. The minimum absolute atomic E-state index is 0.617. The Labute approximate surface area is 318 Å². The van der Waals surface area contributed by atoms with Crippen LogP contribution >= 0.6 is 11.3 Å². The van der Waals surface area contributed by atoms with Gasteiger partial charge in [-0.2, -0.15) is 0 Å². The molecule has 0 N–H and O–H groups in total. The lowest BCUT2D eigenvalue weighted by Crippen LogP contribution is -2.00. The minimum Gasteiger partial charge on any atom is -0.455 e. The Balaban J connectivity index is 1.12. The van der Waals surface area contributed by atoms with Crippen LogP contribution in [-0.2, 0) is 0 Å². The molecule has 12 aromatic rings. The van der Waals surface area contributed by atoms with Gasteiger partial charge in [0.2, 0.25) is 0 Å². The first-order chi connectivity index (χ1) is 27.3. The summed E-state index contributed by atoms with van der Waals surface area (Å²) < 4.78 is 11.7. The van der Waals surface area contributed by atoms with E-state index in [1.807, 2.05) is 72.0 Å². The monoisotopic (exact) mass is 720 g/mol. The van der Waals surface area contributed by atoms with Gasteiger partial charge in [0.25, 0.3) is 0 Å². The van der Waals surface area contributed by atoms with E-state index >= 15 is 0 Å². The highest BCUT2D eigenvalue weighted by atomic mass is 32.1. The predicted molar refractivity (Wildman–Crippen MR) is 228 cm³/mol. The number of aromatic nitrogens is 4. The summed E-state index contributed by atoms with van der Waals surface area (Å²) in [7, 11) is 0. The quantitative estimate of drug-likeness (QED) is 0.182. The Hall–Kier alpha value is -7.15. The van der Waals surface area contributed by atoms with Gasteiger partial charge in [-0.3, -0.25) is 0 Å². The van der Waals surface area contributed by atoms with Crippen molar-refractivity contribution in [1.82, 2.24) is 19.5 Å². The summed E-state index contributed by atoms with van der Waals surface area (Å²) in [6.07, 6.45) is 0. The van der Waals surface area contributed by atoms with Crippen LogP contribution in [0.2, 0.25) is 0 Å². The van der Waals surface area contributed by atoms with Crippen molar-refractivity contribution in [2.45, 2.75) is 0 Å². The lowest BCUT2D eigenvalue weighted by Gasteiger charge is -2.11. The number of para-hydroxylation sites is 1. The van der Waals surface area contributed by atoms with Crippen molar-refractivity contribution < 1.29 is 4.42 Å². The van der Waals surface area contributed by atoms with E-state index in [9.17, 15) is 0 Å². The molecule has 0 atom stereocenters. The average Bonchev–Trinajstić information content (AvgIpc) is 3.93. The largest absolute Gasteiger partial charge is 0.455 e. The van der Waals surface area contributed by atoms with Gasteiger partial charge >= 0.3 is 0 Å². The zero-order valence-electron chi connectivity index (χ0n) is 29.3. The molecule has 0 spiro atoms. The molecule has 55 heavy (non-hydrogen) atoms. The highest BCUT2D eigenvalue weighted by molar-refractivity contribution is 7.26. The Bertz CT molecular complexity index is 3430. The molecule has 0 amide bonds. The molecule has 12 rings (SSSR count). The third-order valence-corrected chi connectivity index (χ3v) is 12.0. The molecule has 0 aliphatic heterocycles. The standard InChI is InChI=1S/C49H28N4OS/c1-3-13-29(14-4-1)47-50-48(30-15-5-2-6-16-30)52-49(51-47)39-28-38-37-27-31(23-26-42(37)54-45(38)34-19-8-7-17-32(34)39)53-40-21-11-9-20-36(40)44-41(53)25-24-35-33-18-10-12-22-43(33)55-46(35)44/h1-28H. The third kappa shape index (κ3) is 4.55. The Kier molecular flexibility index (Phi) is 6.44. The fourth-order valence-corrected chi connectivity index (χ4v) is 9.61. The van der Waals surface area contributed by atoms with Gasteiger partial charge in [-0.25, -0.2) is 15.0 Å². The molecule has 5 nitrogen and oxygen atoms in total. The summed E-state index contributed by atoms with van der Waals surface area (Å²) in [6.45, 7) is 0. The van der Waals surface area contributed by atoms with Crippen LogP contribution in [0, 0.1) is 0 Å². The van der Waals surface area contributed by atoms with Gasteiger partial charge in [0.05, 0.1) is 11.0 Å². The predicted octanol–water partition coefficient (Wildman–Crippen LogP) is 13.4. The summed E-state index contributed by atoms with van der Waals surface area (Å²) in [4.78, 5) is 15.2.